The first-order valence-electron chi connectivity index (χ1n) is 3.30. The van der Waals surface area contributed by atoms with E-state index in [0.29, 0.717) is 0 Å². The average Bonchev–Trinajstić information content (AvgIpc) is 2.04. The van der Waals surface area contributed by atoms with Crippen LogP contribution in [0.2, 0.25) is 0 Å². The van der Waals surface area contributed by atoms with Crippen LogP contribution >= 0.6 is 11.6 Å². The zero-order chi connectivity index (χ0) is 9.14. The lowest BCUT2D eigenvalue weighted by molar-refractivity contribution is -0.109. The van der Waals surface area contributed by atoms with Crippen molar-refractivity contribution in [1.82, 2.24) is 0 Å². The first kappa shape index (κ1) is 9.19. The van der Waals surface area contributed by atoms with Crippen LogP contribution in [0.1, 0.15) is 6.42 Å². The number of alkyl halides is 1. The topological polar surface area (TPSA) is 38.7 Å². The Balaban J connectivity index is 2.94. The van der Waals surface area contributed by atoms with Crippen molar-refractivity contribution in [2.45, 2.75) is 12.6 Å². The average molecular weight is 192 g/mol. The van der Waals surface area contributed by atoms with Crippen molar-refractivity contribution in [3.8, 4) is 0 Å². The van der Waals surface area contributed by atoms with E-state index < -0.39 is 11.4 Å². The third-order valence-electron chi connectivity index (χ3n) is 1.44. The first-order valence-corrected chi connectivity index (χ1v) is 3.68. The van der Waals surface area contributed by atoms with E-state index in [2.05, 4.69) is 4.99 Å². The van der Waals surface area contributed by atoms with Gasteiger partial charge >= 0.3 is 0 Å². The highest BCUT2D eigenvalue weighted by Gasteiger charge is 2.22. The van der Waals surface area contributed by atoms with Crippen molar-refractivity contribution in [1.29, 1.82) is 0 Å². The van der Waals surface area contributed by atoms with E-state index in [0.717, 1.165) is 6.21 Å². The molecule has 1 rings (SSSR count). The van der Waals surface area contributed by atoms with Crippen LogP contribution in [-0.4, -0.2) is 24.7 Å². The number of hydrogen-bond acceptors (Lipinski definition) is 3. The molecule has 1 aliphatic heterocycles. The maximum absolute atomic E-state index is 12.7. The fraction of sp³-hybridized carbons (Fsp3) is 0.429. The normalized spacial score (nSPS) is 22.8. The minimum atomic E-state index is -1.25. The fourth-order valence-corrected chi connectivity index (χ4v) is 1.06. The van der Waals surface area contributed by atoms with Crippen LogP contribution in [0.15, 0.2) is 16.4 Å². The molecule has 0 N–H and O–H groups in total. The molecular weight excluding hydrogens is 185 g/mol. The molecule has 0 spiro atoms. The third kappa shape index (κ3) is 1.82. The number of halogens is 2. The Morgan fingerprint density at radius 1 is 1.92 bits per heavy atom. The second-order valence-corrected chi connectivity index (χ2v) is 2.60. The molecule has 5 heteroatoms. The lowest BCUT2D eigenvalue weighted by Crippen LogP contribution is -2.14. The Labute approximate surface area is 73.9 Å². The van der Waals surface area contributed by atoms with Gasteiger partial charge in [-0.15, -0.1) is 0 Å². The fourth-order valence-electron chi connectivity index (χ4n) is 0.902. The van der Waals surface area contributed by atoms with Crippen molar-refractivity contribution in [3.63, 3.8) is 0 Å². The minimum absolute atomic E-state index is 0.0605. The van der Waals surface area contributed by atoms with E-state index in [1.54, 1.807) is 0 Å². The minimum Gasteiger partial charge on any atom is -0.481 e. The van der Waals surface area contributed by atoms with Crippen molar-refractivity contribution in [2.24, 2.45) is 4.99 Å². The van der Waals surface area contributed by atoms with Gasteiger partial charge in [0.1, 0.15) is 6.17 Å². The van der Waals surface area contributed by atoms with Crippen molar-refractivity contribution in [2.75, 3.05) is 7.11 Å². The summed E-state index contributed by atoms with van der Waals surface area (Å²) in [5.74, 6) is 0.101. The van der Waals surface area contributed by atoms with Crippen molar-refractivity contribution >= 4 is 23.1 Å². The molecule has 12 heavy (non-hydrogen) atoms. The lowest BCUT2D eigenvalue weighted by Gasteiger charge is -2.12. The molecule has 0 bridgehead atoms. The second kappa shape index (κ2) is 3.67. The Bertz CT molecular complexity index is 262. The van der Waals surface area contributed by atoms with Gasteiger partial charge in [-0.3, -0.25) is 4.79 Å². The molecule has 0 aromatic heterocycles. The SMILES string of the molecule is COC1=C(C(=O)Cl)CC(F)C=N1. The van der Waals surface area contributed by atoms with E-state index in [-0.39, 0.29) is 17.9 Å². The molecule has 0 aliphatic carbocycles. The summed E-state index contributed by atoms with van der Waals surface area (Å²) in [6, 6.07) is 0. The number of allylic oxidation sites excluding steroid dienone is 1. The van der Waals surface area contributed by atoms with Gasteiger partial charge in [0.05, 0.1) is 12.7 Å². The molecule has 1 unspecified atom stereocenters. The van der Waals surface area contributed by atoms with E-state index in [4.69, 9.17) is 16.3 Å². The van der Waals surface area contributed by atoms with Gasteiger partial charge < -0.3 is 4.74 Å². The number of carbonyl (C=O) groups is 1. The van der Waals surface area contributed by atoms with Gasteiger partial charge in [-0.25, -0.2) is 9.38 Å². The van der Waals surface area contributed by atoms with Gasteiger partial charge in [0, 0.05) is 12.6 Å². The Kier molecular flexibility index (Phi) is 2.81. The highest BCUT2D eigenvalue weighted by atomic mass is 35.5. The van der Waals surface area contributed by atoms with Gasteiger partial charge in [-0.05, 0) is 11.6 Å². The number of nitrogens with zero attached hydrogens (tertiary/aromatic N) is 1. The summed E-state index contributed by atoms with van der Waals surface area (Å²) >= 11 is 5.18. The molecular formula is C7H7ClFNO2. The van der Waals surface area contributed by atoms with E-state index >= 15 is 0 Å². The number of ether oxygens (including phenoxy) is 1. The largest absolute Gasteiger partial charge is 0.481 e. The van der Waals surface area contributed by atoms with Crippen LogP contribution in [0.25, 0.3) is 0 Å². The molecule has 0 saturated carbocycles. The second-order valence-electron chi connectivity index (χ2n) is 2.26. The third-order valence-corrected chi connectivity index (χ3v) is 1.67. The van der Waals surface area contributed by atoms with E-state index in [9.17, 15) is 9.18 Å². The summed E-state index contributed by atoms with van der Waals surface area (Å²) in [6.07, 6.45) is -0.224. The molecule has 0 aromatic carbocycles. The number of methoxy groups -OCH3 is 1. The summed E-state index contributed by atoms with van der Waals surface area (Å²) in [6.45, 7) is 0. The molecule has 0 amide bonds. The molecule has 3 nitrogen and oxygen atoms in total. The smallest absolute Gasteiger partial charge is 0.253 e. The molecule has 0 aromatic rings. The zero-order valence-electron chi connectivity index (χ0n) is 6.38. The van der Waals surface area contributed by atoms with Gasteiger partial charge in [0.25, 0.3) is 5.24 Å². The first-order chi connectivity index (χ1) is 5.65. The number of aliphatic imine (C=N–C) groups is 1. The predicted octanol–water partition coefficient (Wildman–Crippen LogP) is 1.42. The van der Waals surface area contributed by atoms with Gasteiger partial charge in [0.15, 0.2) is 0 Å². The molecule has 1 atom stereocenters. The van der Waals surface area contributed by atoms with Crippen LogP contribution < -0.4 is 0 Å². The Hall–Kier alpha value is -0.900. The zero-order valence-corrected chi connectivity index (χ0v) is 7.14. The maximum atomic E-state index is 12.7. The van der Waals surface area contributed by atoms with Crippen LogP contribution in [0.5, 0.6) is 0 Å². The van der Waals surface area contributed by atoms with Gasteiger partial charge in [-0.2, -0.15) is 0 Å². The Morgan fingerprint density at radius 2 is 2.58 bits per heavy atom. The standard InChI is InChI=1S/C7H7ClFNO2/c1-12-7-5(6(8)11)2-4(9)3-10-7/h3-4H,2H2,1H3. The molecule has 0 radical (unpaired) electrons. The number of rotatable bonds is 2. The highest BCUT2D eigenvalue weighted by Crippen LogP contribution is 2.21. The molecule has 0 fully saturated rings. The van der Waals surface area contributed by atoms with E-state index in [1.807, 2.05) is 0 Å². The summed E-state index contributed by atoms with van der Waals surface area (Å²) in [5, 5.41) is -0.716. The molecule has 1 aliphatic rings. The molecule has 0 saturated heterocycles. The van der Waals surface area contributed by atoms with Gasteiger partial charge in [0.2, 0.25) is 5.88 Å². The van der Waals surface area contributed by atoms with Crippen molar-refractivity contribution in [3.05, 3.63) is 11.5 Å². The van der Waals surface area contributed by atoms with Crippen molar-refractivity contribution < 1.29 is 13.9 Å². The lowest BCUT2D eigenvalue weighted by atomic mass is 10.1. The van der Waals surface area contributed by atoms with Crippen LogP contribution in [0.3, 0.4) is 0 Å². The summed E-state index contributed by atoms with van der Waals surface area (Å²) in [5.41, 5.74) is 0.0918. The Morgan fingerprint density at radius 3 is 3.08 bits per heavy atom. The van der Waals surface area contributed by atoms with Crippen LogP contribution in [0.4, 0.5) is 4.39 Å². The molecule has 66 valence electrons. The predicted molar refractivity (Wildman–Crippen MR) is 42.9 cm³/mol. The number of hydrogen-bond donors (Lipinski definition) is 0. The monoisotopic (exact) mass is 191 g/mol. The van der Waals surface area contributed by atoms with Crippen LogP contribution in [-0.2, 0) is 9.53 Å². The summed E-state index contributed by atoms with van der Waals surface area (Å²) in [4.78, 5) is 14.3. The summed E-state index contributed by atoms with van der Waals surface area (Å²) in [7, 11) is 1.35. The summed E-state index contributed by atoms with van der Waals surface area (Å²) < 4.78 is 17.4. The van der Waals surface area contributed by atoms with E-state index in [1.165, 1.54) is 7.11 Å². The van der Waals surface area contributed by atoms with Crippen LogP contribution in [0, 0.1) is 0 Å². The highest BCUT2D eigenvalue weighted by molar-refractivity contribution is 6.67. The quantitative estimate of drug-likeness (QED) is 0.620. The molecule has 1 heterocycles. The number of carbonyl (C=O) groups excluding carboxylic acids is 1. The maximum Gasteiger partial charge on any atom is 0.253 e. The van der Waals surface area contributed by atoms with Gasteiger partial charge in [-0.1, -0.05) is 0 Å².